The topological polar surface area (TPSA) is 46.5 Å². The summed E-state index contributed by atoms with van der Waals surface area (Å²) >= 11 is 0. The zero-order chi connectivity index (χ0) is 12.5. The minimum absolute atomic E-state index is 0.170. The molecular weight excluding hydrogens is 228 g/mol. The van der Waals surface area contributed by atoms with E-state index in [0.717, 1.165) is 16.9 Å². The Labute approximate surface area is 105 Å². The second kappa shape index (κ2) is 4.18. The van der Waals surface area contributed by atoms with E-state index in [9.17, 15) is 4.79 Å². The largest absolute Gasteiger partial charge is 0.478 e. The SMILES string of the molecule is O=C(O)C1=CC=C2OC=C3C=CC=CC3C=C2C1. The number of allylic oxidation sites excluding steroid dienone is 9. The summed E-state index contributed by atoms with van der Waals surface area (Å²) in [7, 11) is 0. The van der Waals surface area contributed by atoms with Gasteiger partial charge in [-0.1, -0.05) is 30.4 Å². The van der Waals surface area contributed by atoms with E-state index in [1.165, 1.54) is 0 Å². The van der Waals surface area contributed by atoms with Crippen molar-refractivity contribution in [1.82, 2.24) is 0 Å². The van der Waals surface area contributed by atoms with Gasteiger partial charge in [0.2, 0.25) is 0 Å². The number of carboxylic acids is 1. The molecule has 1 heterocycles. The molecule has 0 saturated heterocycles. The van der Waals surface area contributed by atoms with Crippen molar-refractivity contribution >= 4 is 5.97 Å². The van der Waals surface area contributed by atoms with Crippen LogP contribution < -0.4 is 0 Å². The second-order valence-electron chi connectivity index (χ2n) is 4.40. The molecule has 0 aromatic rings. The molecule has 3 nitrogen and oxygen atoms in total. The summed E-state index contributed by atoms with van der Waals surface area (Å²) < 4.78 is 5.61. The highest BCUT2D eigenvalue weighted by molar-refractivity contribution is 5.88. The molecule has 0 amide bonds. The van der Waals surface area contributed by atoms with Crippen molar-refractivity contribution in [3.63, 3.8) is 0 Å². The van der Waals surface area contributed by atoms with Gasteiger partial charge in [0.1, 0.15) is 5.76 Å². The molecule has 0 fully saturated rings. The van der Waals surface area contributed by atoms with E-state index in [2.05, 4.69) is 12.2 Å². The van der Waals surface area contributed by atoms with Crippen LogP contribution in [-0.2, 0) is 9.53 Å². The quantitative estimate of drug-likeness (QED) is 0.766. The van der Waals surface area contributed by atoms with Crippen LogP contribution in [0.5, 0.6) is 0 Å². The van der Waals surface area contributed by atoms with Crippen LogP contribution in [0.1, 0.15) is 6.42 Å². The Bertz CT molecular complexity index is 583. The highest BCUT2D eigenvalue weighted by Crippen LogP contribution is 2.33. The second-order valence-corrected chi connectivity index (χ2v) is 4.40. The number of hydrogen-bond acceptors (Lipinski definition) is 2. The van der Waals surface area contributed by atoms with Crippen LogP contribution in [0.2, 0.25) is 0 Å². The van der Waals surface area contributed by atoms with Gasteiger partial charge in [0.05, 0.1) is 6.26 Å². The first-order valence-corrected chi connectivity index (χ1v) is 5.81. The summed E-state index contributed by atoms with van der Waals surface area (Å²) in [6.45, 7) is 0. The predicted octanol–water partition coefficient (Wildman–Crippen LogP) is 2.87. The summed E-state index contributed by atoms with van der Waals surface area (Å²) in [5, 5.41) is 9.03. The Kier molecular flexibility index (Phi) is 2.52. The molecule has 1 atom stereocenters. The zero-order valence-corrected chi connectivity index (χ0v) is 9.67. The molecule has 1 unspecified atom stereocenters. The minimum atomic E-state index is -0.872. The fraction of sp³-hybridized carbons (Fsp3) is 0.133. The number of rotatable bonds is 1. The smallest absolute Gasteiger partial charge is 0.331 e. The third-order valence-electron chi connectivity index (χ3n) is 3.21. The third kappa shape index (κ3) is 1.84. The van der Waals surface area contributed by atoms with E-state index in [-0.39, 0.29) is 5.92 Å². The maximum Gasteiger partial charge on any atom is 0.331 e. The highest BCUT2D eigenvalue weighted by atomic mass is 16.5. The molecule has 0 spiro atoms. The van der Waals surface area contributed by atoms with Crippen molar-refractivity contribution in [3.05, 3.63) is 71.3 Å². The van der Waals surface area contributed by atoms with Crippen LogP contribution in [0.4, 0.5) is 0 Å². The van der Waals surface area contributed by atoms with E-state index < -0.39 is 5.97 Å². The Morgan fingerprint density at radius 1 is 1.33 bits per heavy atom. The molecular formula is C15H12O3. The molecule has 1 aliphatic heterocycles. The number of hydrogen-bond donors (Lipinski definition) is 1. The maximum atomic E-state index is 11.0. The lowest BCUT2D eigenvalue weighted by Crippen LogP contribution is -2.07. The van der Waals surface area contributed by atoms with Gasteiger partial charge in [-0.25, -0.2) is 4.79 Å². The number of carboxylic acid groups (broad SMARTS) is 1. The number of ether oxygens (including phenoxy) is 1. The molecule has 0 aromatic carbocycles. The molecule has 3 rings (SSSR count). The van der Waals surface area contributed by atoms with Crippen molar-refractivity contribution < 1.29 is 14.6 Å². The molecule has 0 radical (unpaired) electrons. The standard InChI is InChI=1S/C15H12O3/c16-15(17)11-5-6-14-13(8-11)7-10-3-1-2-4-12(10)9-18-14/h1-7,9-10H,8H2,(H,16,17). The van der Waals surface area contributed by atoms with Crippen molar-refractivity contribution in [1.29, 1.82) is 0 Å². The van der Waals surface area contributed by atoms with E-state index in [0.29, 0.717) is 12.0 Å². The van der Waals surface area contributed by atoms with E-state index in [1.807, 2.05) is 18.2 Å². The number of aliphatic carboxylic acids is 1. The van der Waals surface area contributed by atoms with Gasteiger partial charge >= 0.3 is 5.97 Å². The van der Waals surface area contributed by atoms with Gasteiger partial charge in [0.15, 0.2) is 0 Å². The first-order valence-electron chi connectivity index (χ1n) is 5.81. The lowest BCUT2D eigenvalue weighted by atomic mass is 9.90. The average molecular weight is 240 g/mol. The third-order valence-corrected chi connectivity index (χ3v) is 3.21. The molecule has 3 heteroatoms. The van der Waals surface area contributed by atoms with Crippen molar-refractivity contribution in [2.45, 2.75) is 6.42 Å². The molecule has 18 heavy (non-hydrogen) atoms. The van der Waals surface area contributed by atoms with Gasteiger partial charge in [-0.3, -0.25) is 0 Å². The van der Waals surface area contributed by atoms with Gasteiger partial charge in [-0.05, 0) is 23.3 Å². The van der Waals surface area contributed by atoms with E-state index >= 15 is 0 Å². The predicted molar refractivity (Wildman–Crippen MR) is 67.4 cm³/mol. The van der Waals surface area contributed by atoms with Crippen LogP contribution in [-0.4, -0.2) is 11.1 Å². The molecule has 90 valence electrons. The fourth-order valence-corrected chi connectivity index (χ4v) is 2.23. The lowest BCUT2D eigenvalue weighted by molar-refractivity contribution is -0.132. The monoisotopic (exact) mass is 240 g/mol. The number of carbonyl (C=O) groups is 1. The van der Waals surface area contributed by atoms with Gasteiger partial charge in [0, 0.05) is 17.9 Å². The van der Waals surface area contributed by atoms with Gasteiger partial charge in [0.25, 0.3) is 0 Å². The minimum Gasteiger partial charge on any atom is -0.478 e. The van der Waals surface area contributed by atoms with Gasteiger partial charge in [-0.2, -0.15) is 0 Å². The van der Waals surface area contributed by atoms with Crippen molar-refractivity contribution in [2.75, 3.05) is 0 Å². The molecule has 2 aliphatic carbocycles. The normalized spacial score (nSPS) is 24.6. The lowest BCUT2D eigenvalue weighted by Gasteiger charge is -2.14. The molecule has 3 aliphatic rings. The van der Waals surface area contributed by atoms with Crippen LogP contribution in [0.3, 0.4) is 0 Å². The van der Waals surface area contributed by atoms with E-state index in [4.69, 9.17) is 9.84 Å². The van der Waals surface area contributed by atoms with Crippen LogP contribution in [0.15, 0.2) is 71.3 Å². The fourth-order valence-electron chi connectivity index (χ4n) is 2.23. The Morgan fingerprint density at radius 2 is 2.22 bits per heavy atom. The molecule has 0 bridgehead atoms. The zero-order valence-electron chi connectivity index (χ0n) is 9.67. The molecule has 0 saturated carbocycles. The van der Waals surface area contributed by atoms with Crippen LogP contribution in [0, 0.1) is 5.92 Å². The average Bonchev–Trinajstić information content (AvgIpc) is 2.56. The van der Waals surface area contributed by atoms with Gasteiger partial charge in [-0.15, -0.1) is 0 Å². The maximum absolute atomic E-state index is 11.0. The van der Waals surface area contributed by atoms with Crippen LogP contribution in [0.25, 0.3) is 0 Å². The Hall–Kier alpha value is -2.29. The summed E-state index contributed by atoms with van der Waals surface area (Å²) in [6, 6.07) is 0. The number of fused-ring (bicyclic) bond motifs is 2. The van der Waals surface area contributed by atoms with E-state index in [1.54, 1.807) is 18.4 Å². The summed E-state index contributed by atoms with van der Waals surface area (Å²) in [6.07, 6.45) is 15.6. The summed E-state index contributed by atoms with van der Waals surface area (Å²) in [5.41, 5.74) is 2.41. The first kappa shape index (κ1) is 10.8. The Morgan fingerprint density at radius 3 is 3.06 bits per heavy atom. The van der Waals surface area contributed by atoms with Crippen LogP contribution >= 0.6 is 0 Å². The first-order chi connectivity index (χ1) is 8.74. The summed E-state index contributed by atoms with van der Waals surface area (Å²) in [5.74, 6) is 0.0375. The van der Waals surface area contributed by atoms with Gasteiger partial charge < -0.3 is 9.84 Å². The van der Waals surface area contributed by atoms with Crippen molar-refractivity contribution in [3.8, 4) is 0 Å². The van der Waals surface area contributed by atoms with Crippen molar-refractivity contribution in [2.24, 2.45) is 5.92 Å². The molecule has 0 aromatic heterocycles. The molecule has 1 N–H and O–H groups in total. The summed E-state index contributed by atoms with van der Waals surface area (Å²) in [4.78, 5) is 11.0. The Balaban J connectivity index is 1.98. The highest BCUT2D eigenvalue weighted by Gasteiger charge is 2.22.